The van der Waals surface area contributed by atoms with Crippen molar-refractivity contribution in [1.29, 1.82) is 0 Å². The maximum absolute atomic E-state index is 14.3. The number of Topliss-reactive ketones (excluding diaryl/α,β-unsaturated/α-hetero) is 1. The number of nitrogens with zero attached hydrogens (tertiary/aromatic N) is 1. The largest absolute Gasteiger partial charge is 0.481 e. The van der Waals surface area contributed by atoms with Gasteiger partial charge in [-0.1, -0.05) is 18.2 Å². The number of methoxy groups -OCH3 is 1. The number of benzene rings is 1. The van der Waals surface area contributed by atoms with E-state index in [1.807, 2.05) is 0 Å². The fourth-order valence-electron chi connectivity index (χ4n) is 5.87. The average Bonchev–Trinajstić information content (AvgIpc) is 3.37. The molecule has 13 nitrogen and oxygen atoms in total. The van der Waals surface area contributed by atoms with Crippen LogP contribution in [0.25, 0.3) is 0 Å². The lowest BCUT2D eigenvalue weighted by Crippen LogP contribution is -2.56. The number of carboxylic acid groups (broad SMARTS) is 1. The Morgan fingerprint density at radius 2 is 1.87 bits per heavy atom. The third-order valence-corrected chi connectivity index (χ3v) is 7.63. The molecule has 3 aliphatic heterocycles. The highest BCUT2D eigenvalue weighted by atomic mass is 16.6. The molecule has 1 unspecified atom stereocenters. The molecular formula is C26H30N2O11. The number of hydrogen-bond acceptors (Lipinski definition) is 11. The van der Waals surface area contributed by atoms with E-state index in [-0.39, 0.29) is 54.0 Å². The van der Waals surface area contributed by atoms with Crippen LogP contribution in [-0.4, -0.2) is 81.7 Å². The van der Waals surface area contributed by atoms with Gasteiger partial charge in [-0.05, 0) is 26.7 Å². The number of carbonyl (C=O) groups excluding carboxylic acids is 2. The number of fused-ring (bicyclic) bond motifs is 1. The summed E-state index contributed by atoms with van der Waals surface area (Å²) in [5.74, 6) is -4.08. The minimum Gasteiger partial charge on any atom is -0.481 e. The number of aliphatic hydroxyl groups is 2. The second-order valence-electron chi connectivity index (χ2n) is 9.92. The Labute approximate surface area is 223 Å². The number of para-hydroxylation sites is 1. The molecule has 5 atom stereocenters. The lowest BCUT2D eigenvalue weighted by molar-refractivity contribution is -0.385. The van der Waals surface area contributed by atoms with E-state index in [4.69, 9.17) is 19.3 Å². The van der Waals surface area contributed by atoms with Gasteiger partial charge in [0.05, 0.1) is 36.7 Å². The van der Waals surface area contributed by atoms with Gasteiger partial charge in [0.2, 0.25) is 0 Å². The number of rotatable bonds is 9. The quantitative estimate of drug-likeness (QED) is 0.196. The molecule has 2 fully saturated rings. The molecule has 39 heavy (non-hydrogen) atoms. The summed E-state index contributed by atoms with van der Waals surface area (Å²) in [6, 6.07) is 5.65. The Hall–Kier alpha value is -3.65. The number of nitro groups is 1. The van der Waals surface area contributed by atoms with Crippen molar-refractivity contribution < 1.29 is 48.8 Å². The van der Waals surface area contributed by atoms with Crippen LogP contribution in [0.4, 0.5) is 5.69 Å². The molecule has 0 spiro atoms. The van der Waals surface area contributed by atoms with Crippen LogP contribution in [0.2, 0.25) is 0 Å². The topological polar surface area (TPSA) is 195 Å². The summed E-state index contributed by atoms with van der Waals surface area (Å²) >= 11 is 0. The Bertz CT molecular complexity index is 1290. The number of nitro benzene ring substituents is 1. The van der Waals surface area contributed by atoms with Crippen molar-refractivity contribution in [2.24, 2.45) is 0 Å². The first-order valence-corrected chi connectivity index (χ1v) is 12.3. The number of hydrogen-bond donors (Lipinski definition) is 4. The molecule has 4 N–H and O–H groups in total. The highest BCUT2D eigenvalue weighted by molar-refractivity contribution is 6.08. The second-order valence-corrected chi connectivity index (χ2v) is 9.92. The second kappa shape index (κ2) is 10.5. The predicted molar refractivity (Wildman–Crippen MR) is 132 cm³/mol. The van der Waals surface area contributed by atoms with E-state index in [9.17, 15) is 34.7 Å². The van der Waals surface area contributed by atoms with Crippen LogP contribution in [0.1, 0.15) is 44.6 Å². The van der Waals surface area contributed by atoms with E-state index in [1.165, 1.54) is 31.2 Å². The van der Waals surface area contributed by atoms with Crippen LogP contribution in [0.3, 0.4) is 0 Å². The van der Waals surface area contributed by atoms with Crippen molar-refractivity contribution in [1.82, 2.24) is 5.32 Å². The van der Waals surface area contributed by atoms with Gasteiger partial charge in [0.15, 0.2) is 11.4 Å². The monoisotopic (exact) mass is 546 g/mol. The molecule has 0 aliphatic carbocycles. The Morgan fingerprint density at radius 1 is 1.21 bits per heavy atom. The van der Waals surface area contributed by atoms with Crippen molar-refractivity contribution in [2.45, 2.75) is 62.4 Å². The van der Waals surface area contributed by atoms with E-state index in [0.29, 0.717) is 5.70 Å². The molecule has 1 aromatic rings. The smallest absolute Gasteiger partial charge is 0.336 e. The number of carboxylic acids is 1. The SMILES string of the molecule is COC(=O)C1=C(C)NC(C)=C(C(=O)[C@@]2(O)CO[C@@]3(CCCC(=O)O)[C@@H](O)CO[C@@H]32)C1c1ccccc1[N+](=O)[O-]. The highest BCUT2D eigenvalue weighted by Gasteiger charge is 2.68. The number of aliphatic carboxylic acids is 1. The molecule has 3 heterocycles. The zero-order valence-corrected chi connectivity index (χ0v) is 21.6. The van der Waals surface area contributed by atoms with Crippen molar-refractivity contribution >= 4 is 23.4 Å². The van der Waals surface area contributed by atoms with Crippen LogP contribution in [0.15, 0.2) is 46.8 Å². The number of dihydropyridines is 1. The number of nitrogens with one attached hydrogen (secondary N) is 1. The predicted octanol–water partition coefficient (Wildman–Crippen LogP) is 1.09. The molecular weight excluding hydrogens is 516 g/mol. The van der Waals surface area contributed by atoms with E-state index >= 15 is 0 Å². The first-order chi connectivity index (χ1) is 18.4. The maximum Gasteiger partial charge on any atom is 0.336 e. The van der Waals surface area contributed by atoms with Crippen LogP contribution in [0.5, 0.6) is 0 Å². The van der Waals surface area contributed by atoms with E-state index in [1.54, 1.807) is 6.92 Å². The van der Waals surface area contributed by atoms with Crippen molar-refractivity contribution in [3.63, 3.8) is 0 Å². The fourth-order valence-corrected chi connectivity index (χ4v) is 5.87. The lowest BCUT2D eigenvalue weighted by Gasteiger charge is -2.36. The molecule has 3 aliphatic rings. The van der Waals surface area contributed by atoms with E-state index < -0.39 is 58.6 Å². The fraction of sp³-hybridized carbons (Fsp3) is 0.500. The lowest BCUT2D eigenvalue weighted by atomic mass is 9.72. The van der Waals surface area contributed by atoms with Gasteiger partial charge in [-0.3, -0.25) is 19.7 Å². The first-order valence-electron chi connectivity index (χ1n) is 12.3. The molecule has 4 rings (SSSR count). The number of carbonyl (C=O) groups is 3. The summed E-state index contributed by atoms with van der Waals surface area (Å²) < 4.78 is 16.5. The van der Waals surface area contributed by atoms with Crippen LogP contribution >= 0.6 is 0 Å². The van der Waals surface area contributed by atoms with Gasteiger partial charge in [0.1, 0.15) is 17.8 Å². The van der Waals surface area contributed by atoms with Crippen LogP contribution in [-0.2, 0) is 28.6 Å². The highest BCUT2D eigenvalue weighted by Crippen LogP contribution is 2.50. The molecule has 13 heteroatoms. The molecule has 0 aromatic heterocycles. The summed E-state index contributed by atoms with van der Waals surface area (Å²) in [4.78, 5) is 49.6. The Balaban J connectivity index is 1.83. The zero-order chi connectivity index (χ0) is 28.7. The van der Waals surface area contributed by atoms with Crippen LogP contribution < -0.4 is 5.32 Å². The minimum absolute atomic E-state index is 0.00297. The number of esters is 1. The number of ether oxygens (including phenoxy) is 3. The summed E-state index contributed by atoms with van der Waals surface area (Å²) in [5, 5.41) is 46.5. The van der Waals surface area contributed by atoms with Gasteiger partial charge in [-0.15, -0.1) is 0 Å². The summed E-state index contributed by atoms with van der Waals surface area (Å²) in [6.45, 7) is 2.26. The molecule has 2 saturated heterocycles. The molecule has 0 amide bonds. The third kappa shape index (κ3) is 4.61. The maximum atomic E-state index is 14.3. The first kappa shape index (κ1) is 28.4. The van der Waals surface area contributed by atoms with E-state index in [0.717, 1.165) is 7.11 Å². The van der Waals surface area contributed by atoms with Crippen molar-refractivity contribution in [3.05, 3.63) is 62.5 Å². The molecule has 0 radical (unpaired) electrons. The molecule has 0 saturated carbocycles. The van der Waals surface area contributed by atoms with Crippen molar-refractivity contribution in [2.75, 3.05) is 20.3 Å². The van der Waals surface area contributed by atoms with Gasteiger partial charge in [0.25, 0.3) is 5.69 Å². The normalized spacial score (nSPS) is 30.1. The Morgan fingerprint density at radius 3 is 2.51 bits per heavy atom. The van der Waals surface area contributed by atoms with Gasteiger partial charge in [-0.25, -0.2) is 4.79 Å². The summed E-state index contributed by atoms with van der Waals surface area (Å²) in [7, 11) is 1.14. The minimum atomic E-state index is -2.35. The standard InChI is InChI=1S/C26H30N2O11/c1-13-19(21(20(14(2)27-13)23(33)37-3)15-7-4-5-8-16(15)28(35)36)22(32)25(34)12-39-26(10-6-9-18(30)31)17(29)11-38-24(25)26/h4-5,7-8,17,21,24,27,29,34H,6,9-12H2,1-3H3,(H,30,31)/t17-,21?,24+,25-,26-/m0/s1. The summed E-state index contributed by atoms with van der Waals surface area (Å²) in [6.07, 6.45) is -2.74. The van der Waals surface area contributed by atoms with Gasteiger partial charge in [-0.2, -0.15) is 0 Å². The van der Waals surface area contributed by atoms with Crippen LogP contribution in [0, 0.1) is 10.1 Å². The molecule has 210 valence electrons. The van der Waals surface area contributed by atoms with Crippen molar-refractivity contribution in [3.8, 4) is 0 Å². The molecule has 1 aromatic carbocycles. The van der Waals surface area contributed by atoms with E-state index in [2.05, 4.69) is 5.32 Å². The van der Waals surface area contributed by atoms with Gasteiger partial charge in [0, 0.05) is 35.0 Å². The number of ketones is 1. The number of allylic oxidation sites excluding steroid dienone is 2. The summed E-state index contributed by atoms with van der Waals surface area (Å²) in [5.41, 5.74) is -3.84. The zero-order valence-electron chi connectivity index (χ0n) is 21.6. The number of aliphatic hydroxyl groups excluding tert-OH is 1. The molecule has 0 bridgehead atoms. The van der Waals surface area contributed by atoms with Gasteiger partial charge < -0.3 is 34.8 Å². The third-order valence-electron chi connectivity index (χ3n) is 7.63. The van der Waals surface area contributed by atoms with Gasteiger partial charge >= 0.3 is 11.9 Å². The average molecular weight is 547 g/mol. The Kier molecular flexibility index (Phi) is 7.63.